The molecule has 6 nitrogen and oxygen atoms in total. The van der Waals surface area contributed by atoms with Gasteiger partial charge in [0.15, 0.2) is 5.78 Å². The smallest absolute Gasteiger partial charge is 0.365 e. The number of allylic oxidation sites excluding steroid dienone is 1. The molecule has 0 unspecified atom stereocenters. The van der Waals surface area contributed by atoms with Gasteiger partial charge >= 0.3 is 7.60 Å². The van der Waals surface area contributed by atoms with Gasteiger partial charge in [-0.15, -0.1) is 0 Å². The summed E-state index contributed by atoms with van der Waals surface area (Å²) in [6, 6.07) is 1.67. The SMILES string of the molecule is CCOP(=O)(OCC)C(=CC(C)=O)c1cc(CSC#N)c(C)o1. The lowest BCUT2D eigenvalue weighted by Crippen LogP contribution is -2.00. The van der Waals surface area contributed by atoms with Gasteiger partial charge in [-0.25, -0.2) is 0 Å². The average Bonchev–Trinajstić information content (AvgIpc) is 2.83. The normalized spacial score (nSPS) is 12.2. The minimum absolute atomic E-state index is 0.102. The molecule has 0 saturated carbocycles. The molecule has 23 heavy (non-hydrogen) atoms. The van der Waals surface area contributed by atoms with Gasteiger partial charge in [-0.05, 0) is 51.6 Å². The summed E-state index contributed by atoms with van der Waals surface area (Å²) < 4.78 is 29.3. The van der Waals surface area contributed by atoms with Gasteiger partial charge in [-0.1, -0.05) is 0 Å². The van der Waals surface area contributed by atoms with Crippen molar-refractivity contribution in [2.45, 2.75) is 33.4 Å². The lowest BCUT2D eigenvalue weighted by molar-refractivity contribution is -0.112. The van der Waals surface area contributed by atoms with Gasteiger partial charge in [0.25, 0.3) is 0 Å². The first kappa shape index (κ1) is 19.7. The zero-order valence-electron chi connectivity index (χ0n) is 13.6. The minimum Gasteiger partial charge on any atom is -0.461 e. The van der Waals surface area contributed by atoms with E-state index in [-0.39, 0.29) is 30.1 Å². The molecule has 0 aromatic carbocycles. The Morgan fingerprint density at radius 2 is 2.04 bits per heavy atom. The molecular formula is C15H20NO5PS. The van der Waals surface area contributed by atoms with E-state index in [0.717, 1.165) is 17.3 Å². The summed E-state index contributed by atoms with van der Waals surface area (Å²) in [7, 11) is -3.66. The average molecular weight is 357 g/mol. The fourth-order valence-electron chi connectivity index (χ4n) is 1.89. The highest BCUT2D eigenvalue weighted by Gasteiger charge is 2.34. The second-order valence-electron chi connectivity index (χ2n) is 4.55. The molecule has 1 aromatic heterocycles. The molecule has 0 aliphatic carbocycles. The standard InChI is InChI=1S/C15H20NO5PS/c1-5-19-22(18,20-6-2)15(7-11(3)17)14-8-13(9-23-10-16)12(4)21-14/h7-8H,5-6,9H2,1-4H3. The summed E-state index contributed by atoms with van der Waals surface area (Å²) in [4.78, 5) is 11.5. The summed E-state index contributed by atoms with van der Waals surface area (Å²) in [5.74, 6) is 1.00. The number of nitrogens with zero attached hydrogens (tertiary/aromatic N) is 1. The van der Waals surface area contributed by atoms with Crippen LogP contribution in [0.2, 0.25) is 0 Å². The summed E-state index contributed by atoms with van der Waals surface area (Å²) in [6.45, 7) is 6.82. The molecule has 0 N–H and O–H groups in total. The van der Waals surface area contributed by atoms with Crippen LogP contribution < -0.4 is 0 Å². The monoisotopic (exact) mass is 357 g/mol. The van der Waals surface area contributed by atoms with E-state index in [1.807, 2.05) is 5.40 Å². The van der Waals surface area contributed by atoms with Crippen molar-refractivity contribution in [1.82, 2.24) is 0 Å². The van der Waals surface area contributed by atoms with Gasteiger partial charge < -0.3 is 13.5 Å². The maximum atomic E-state index is 13.0. The van der Waals surface area contributed by atoms with Crippen molar-refractivity contribution in [2.75, 3.05) is 13.2 Å². The van der Waals surface area contributed by atoms with Crippen molar-refractivity contribution in [3.8, 4) is 5.40 Å². The Balaban J connectivity index is 3.35. The number of ketones is 1. The first-order valence-corrected chi connectivity index (χ1v) is 9.63. The summed E-state index contributed by atoms with van der Waals surface area (Å²) in [5.41, 5.74) is 0.792. The predicted octanol–water partition coefficient (Wildman–Crippen LogP) is 4.50. The first-order chi connectivity index (χ1) is 10.9. The van der Waals surface area contributed by atoms with Gasteiger partial charge in [-0.3, -0.25) is 9.36 Å². The fraction of sp³-hybridized carbons (Fsp3) is 0.467. The Kier molecular flexibility index (Phi) is 7.80. The number of nitriles is 1. The highest BCUT2D eigenvalue weighted by Crippen LogP contribution is 2.60. The van der Waals surface area contributed by atoms with Gasteiger partial charge in [0.2, 0.25) is 0 Å². The van der Waals surface area contributed by atoms with Crippen LogP contribution in [0.3, 0.4) is 0 Å². The molecule has 1 heterocycles. The van der Waals surface area contributed by atoms with Gasteiger partial charge in [0.05, 0.1) is 13.2 Å². The van der Waals surface area contributed by atoms with Crippen molar-refractivity contribution < 1.29 is 22.8 Å². The van der Waals surface area contributed by atoms with E-state index in [1.165, 1.54) is 13.0 Å². The second-order valence-corrected chi connectivity index (χ2v) is 7.30. The van der Waals surface area contributed by atoms with Crippen molar-refractivity contribution in [3.05, 3.63) is 29.2 Å². The molecule has 8 heteroatoms. The van der Waals surface area contributed by atoms with E-state index in [2.05, 4.69) is 0 Å². The Bertz CT molecular complexity index is 664. The molecule has 0 saturated heterocycles. The zero-order chi connectivity index (χ0) is 17.5. The van der Waals surface area contributed by atoms with Crippen LogP contribution in [0.25, 0.3) is 5.31 Å². The number of rotatable bonds is 9. The van der Waals surface area contributed by atoms with Crippen LogP contribution in [0.15, 0.2) is 16.6 Å². The fourth-order valence-corrected chi connectivity index (χ4v) is 4.15. The number of hydrogen-bond donors (Lipinski definition) is 0. The number of carbonyl (C=O) groups is 1. The first-order valence-electron chi connectivity index (χ1n) is 7.10. The molecule has 0 amide bonds. The quantitative estimate of drug-likeness (QED) is 0.365. The van der Waals surface area contributed by atoms with E-state index in [9.17, 15) is 9.36 Å². The number of thiocyanates is 1. The highest BCUT2D eigenvalue weighted by atomic mass is 32.2. The number of carbonyl (C=O) groups excluding carboxylic acids is 1. The molecule has 1 aromatic rings. The lowest BCUT2D eigenvalue weighted by Gasteiger charge is -2.18. The van der Waals surface area contributed by atoms with Crippen molar-refractivity contribution in [3.63, 3.8) is 0 Å². The molecule has 0 bridgehead atoms. The molecule has 0 radical (unpaired) electrons. The van der Waals surface area contributed by atoms with E-state index in [4.69, 9.17) is 18.7 Å². The van der Waals surface area contributed by atoms with Crippen LogP contribution in [0, 0.1) is 17.6 Å². The molecule has 0 spiro atoms. The van der Waals surface area contributed by atoms with Crippen LogP contribution >= 0.6 is 19.4 Å². The molecular weight excluding hydrogens is 337 g/mol. The maximum Gasteiger partial charge on any atom is 0.365 e. The van der Waals surface area contributed by atoms with E-state index >= 15 is 0 Å². The highest BCUT2D eigenvalue weighted by molar-refractivity contribution is 8.02. The number of furan rings is 1. The molecule has 126 valence electrons. The number of aryl methyl sites for hydroxylation is 1. The van der Waals surface area contributed by atoms with E-state index < -0.39 is 7.60 Å². The van der Waals surface area contributed by atoms with Gasteiger partial charge in [0.1, 0.15) is 22.2 Å². The van der Waals surface area contributed by atoms with Gasteiger partial charge in [0, 0.05) is 11.3 Å². The third kappa shape index (κ3) is 5.36. The lowest BCUT2D eigenvalue weighted by atomic mass is 10.2. The number of hydrogen-bond acceptors (Lipinski definition) is 7. The zero-order valence-corrected chi connectivity index (χ0v) is 15.3. The summed E-state index contributed by atoms with van der Waals surface area (Å²) in [5, 5.41) is 10.8. The summed E-state index contributed by atoms with van der Waals surface area (Å²) >= 11 is 1.07. The third-order valence-electron chi connectivity index (χ3n) is 2.80. The largest absolute Gasteiger partial charge is 0.461 e. The molecule has 0 aliphatic heterocycles. The minimum atomic E-state index is -3.66. The predicted molar refractivity (Wildman–Crippen MR) is 89.9 cm³/mol. The molecule has 1 rings (SSSR count). The number of thioether (sulfide) groups is 1. The third-order valence-corrected chi connectivity index (χ3v) is 5.52. The van der Waals surface area contributed by atoms with Crippen LogP contribution in [0.4, 0.5) is 0 Å². The second kappa shape index (κ2) is 9.09. The van der Waals surface area contributed by atoms with Crippen LogP contribution in [-0.4, -0.2) is 19.0 Å². The van der Waals surface area contributed by atoms with Crippen LogP contribution in [0.1, 0.15) is 37.9 Å². The van der Waals surface area contributed by atoms with Crippen molar-refractivity contribution in [2.24, 2.45) is 0 Å². The Morgan fingerprint density at radius 1 is 1.43 bits per heavy atom. The van der Waals surface area contributed by atoms with Crippen molar-refractivity contribution in [1.29, 1.82) is 5.26 Å². The van der Waals surface area contributed by atoms with Crippen LogP contribution in [-0.2, 0) is 24.2 Å². The maximum absolute atomic E-state index is 13.0. The van der Waals surface area contributed by atoms with E-state index in [1.54, 1.807) is 26.8 Å². The Labute approximate surface area is 140 Å². The van der Waals surface area contributed by atoms with Crippen LogP contribution in [0.5, 0.6) is 0 Å². The Hall–Kier alpha value is -1.32. The van der Waals surface area contributed by atoms with Crippen molar-refractivity contribution >= 4 is 30.5 Å². The molecule has 0 aliphatic rings. The summed E-state index contributed by atoms with van der Waals surface area (Å²) in [6.07, 6.45) is 1.21. The van der Waals surface area contributed by atoms with E-state index in [0.29, 0.717) is 11.5 Å². The van der Waals surface area contributed by atoms with Gasteiger partial charge in [-0.2, -0.15) is 5.26 Å². The topological polar surface area (TPSA) is 89.5 Å². The Morgan fingerprint density at radius 3 is 2.52 bits per heavy atom. The molecule has 0 fully saturated rings. The molecule has 0 atom stereocenters.